The molecule has 1 rings (SSSR count). The lowest BCUT2D eigenvalue weighted by Gasteiger charge is -2.37. The summed E-state index contributed by atoms with van der Waals surface area (Å²) in [5, 5.41) is 19.0. The molecule has 2 N–H and O–H groups in total. The molecule has 0 aromatic rings. The first-order chi connectivity index (χ1) is 5.52. The molecular weight excluding hydrogens is 156 g/mol. The summed E-state index contributed by atoms with van der Waals surface area (Å²) in [6, 6.07) is 0. The summed E-state index contributed by atoms with van der Waals surface area (Å²) in [4.78, 5) is 0. The molecule has 1 saturated heterocycles. The Morgan fingerprint density at radius 2 is 1.92 bits per heavy atom. The normalized spacial score (nSPS) is 43.5. The third-order valence-electron chi connectivity index (χ3n) is 2.35. The predicted molar refractivity (Wildman–Crippen MR) is 45.8 cm³/mol. The van der Waals surface area contributed by atoms with Gasteiger partial charge in [0.25, 0.3) is 0 Å². The van der Waals surface area contributed by atoms with Gasteiger partial charge in [-0.05, 0) is 12.8 Å². The molecule has 1 aliphatic heterocycles. The van der Waals surface area contributed by atoms with E-state index in [1.54, 1.807) is 0 Å². The van der Waals surface area contributed by atoms with E-state index in [9.17, 15) is 10.2 Å². The summed E-state index contributed by atoms with van der Waals surface area (Å²) >= 11 is 0. The average molecular weight is 174 g/mol. The SMILES string of the molecule is CC1CC(O)[C@@H](O)[C@H](C(C)C)O1. The molecule has 3 heteroatoms. The van der Waals surface area contributed by atoms with Gasteiger partial charge in [-0.15, -0.1) is 0 Å². The highest BCUT2D eigenvalue weighted by Gasteiger charge is 2.36. The van der Waals surface area contributed by atoms with Crippen molar-refractivity contribution in [2.24, 2.45) is 5.92 Å². The molecule has 0 bridgehead atoms. The standard InChI is InChI=1S/C9H18O3/c1-5(2)9-8(11)7(10)4-6(3)12-9/h5-11H,4H2,1-3H3/t6?,7?,8-,9+/m1/s1. The summed E-state index contributed by atoms with van der Waals surface area (Å²) in [5.74, 6) is 0.248. The Labute approximate surface area is 73.4 Å². The van der Waals surface area contributed by atoms with Crippen LogP contribution < -0.4 is 0 Å². The molecule has 1 fully saturated rings. The highest BCUT2D eigenvalue weighted by atomic mass is 16.5. The Morgan fingerprint density at radius 1 is 1.33 bits per heavy atom. The highest BCUT2D eigenvalue weighted by molar-refractivity contribution is 4.85. The van der Waals surface area contributed by atoms with Crippen LogP contribution >= 0.6 is 0 Å². The molecule has 1 aliphatic rings. The van der Waals surface area contributed by atoms with E-state index in [2.05, 4.69) is 0 Å². The van der Waals surface area contributed by atoms with Crippen molar-refractivity contribution in [3.05, 3.63) is 0 Å². The Hall–Kier alpha value is -0.120. The van der Waals surface area contributed by atoms with Crippen LogP contribution in [-0.4, -0.2) is 34.6 Å². The van der Waals surface area contributed by atoms with Gasteiger partial charge < -0.3 is 14.9 Å². The Kier molecular flexibility index (Phi) is 3.09. The average Bonchev–Trinajstić information content (AvgIpc) is 1.96. The van der Waals surface area contributed by atoms with Crippen molar-refractivity contribution in [3.8, 4) is 0 Å². The summed E-state index contributed by atoms with van der Waals surface area (Å²) < 4.78 is 5.52. The molecular formula is C9H18O3. The van der Waals surface area contributed by atoms with E-state index in [1.165, 1.54) is 0 Å². The number of aliphatic hydroxyl groups is 2. The minimum Gasteiger partial charge on any atom is -0.390 e. The van der Waals surface area contributed by atoms with Gasteiger partial charge in [0.15, 0.2) is 0 Å². The lowest BCUT2D eigenvalue weighted by Crippen LogP contribution is -2.49. The molecule has 0 aromatic carbocycles. The van der Waals surface area contributed by atoms with Gasteiger partial charge in [-0.1, -0.05) is 13.8 Å². The van der Waals surface area contributed by atoms with Gasteiger partial charge in [0.2, 0.25) is 0 Å². The zero-order valence-corrected chi connectivity index (χ0v) is 7.90. The lowest BCUT2D eigenvalue weighted by atomic mass is 9.92. The van der Waals surface area contributed by atoms with Crippen LogP contribution in [0.25, 0.3) is 0 Å². The molecule has 0 saturated carbocycles. The van der Waals surface area contributed by atoms with Gasteiger partial charge in [0, 0.05) is 6.42 Å². The van der Waals surface area contributed by atoms with Crippen LogP contribution in [-0.2, 0) is 4.74 Å². The minimum atomic E-state index is -0.721. The van der Waals surface area contributed by atoms with Crippen LogP contribution in [0.1, 0.15) is 27.2 Å². The van der Waals surface area contributed by atoms with Gasteiger partial charge >= 0.3 is 0 Å². The molecule has 0 amide bonds. The van der Waals surface area contributed by atoms with E-state index < -0.39 is 12.2 Å². The van der Waals surface area contributed by atoms with E-state index in [4.69, 9.17) is 4.74 Å². The molecule has 1 heterocycles. The summed E-state index contributed by atoms with van der Waals surface area (Å²) in [6.07, 6.45) is -0.980. The van der Waals surface area contributed by atoms with Crippen LogP contribution in [0.4, 0.5) is 0 Å². The van der Waals surface area contributed by atoms with Crippen LogP contribution in [0.2, 0.25) is 0 Å². The first kappa shape index (κ1) is 9.96. The summed E-state index contributed by atoms with van der Waals surface area (Å²) in [7, 11) is 0. The molecule has 3 nitrogen and oxygen atoms in total. The topological polar surface area (TPSA) is 49.7 Å². The van der Waals surface area contributed by atoms with Gasteiger partial charge in [-0.2, -0.15) is 0 Å². The van der Waals surface area contributed by atoms with Crippen molar-refractivity contribution in [2.75, 3.05) is 0 Å². The van der Waals surface area contributed by atoms with E-state index in [-0.39, 0.29) is 18.1 Å². The maximum atomic E-state index is 9.55. The third kappa shape index (κ3) is 1.97. The van der Waals surface area contributed by atoms with Gasteiger partial charge in [0.05, 0.1) is 18.3 Å². The van der Waals surface area contributed by atoms with Gasteiger partial charge in [-0.3, -0.25) is 0 Å². The molecule has 12 heavy (non-hydrogen) atoms. The second kappa shape index (κ2) is 3.73. The number of hydrogen-bond donors (Lipinski definition) is 2. The van der Waals surface area contributed by atoms with Crippen LogP contribution in [0.3, 0.4) is 0 Å². The zero-order valence-electron chi connectivity index (χ0n) is 7.90. The second-order valence-corrected chi connectivity index (χ2v) is 3.95. The molecule has 2 unspecified atom stereocenters. The molecule has 72 valence electrons. The number of ether oxygens (including phenoxy) is 1. The zero-order chi connectivity index (χ0) is 9.30. The van der Waals surface area contributed by atoms with Crippen LogP contribution in [0, 0.1) is 5.92 Å². The van der Waals surface area contributed by atoms with Crippen LogP contribution in [0.5, 0.6) is 0 Å². The maximum Gasteiger partial charge on any atom is 0.106 e. The van der Waals surface area contributed by atoms with Gasteiger partial charge in [0.1, 0.15) is 6.10 Å². The number of hydrogen-bond acceptors (Lipinski definition) is 3. The first-order valence-electron chi connectivity index (χ1n) is 4.54. The van der Waals surface area contributed by atoms with Crippen LogP contribution in [0.15, 0.2) is 0 Å². The summed E-state index contributed by atoms with van der Waals surface area (Å²) in [5.41, 5.74) is 0. The smallest absolute Gasteiger partial charge is 0.106 e. The molecule has 4 atom stereocenters. The quantitative estimate of drug-likeness (QED) is 0.610. The first-order valence-corrected chi connectivity index (χ1v) is 4.54. The molecule has 0 radical (unpaired) electrons. The van der Waals surface area contributed by atoms with Crippen molar-refractivity contribution in [2.45, 2.75) is 51.6 Å². The van der Waals surface area contributed by atoms with E-state index >= 15 is 0 Å². The third-order valence-corrected chi connectivity index (χ3v) is 2.35. The Balaban J connectivity index is 2.60. The fourth-order valence-electron chi connectivity index (χ4n) is 1.65. The van der Waals surface area contributed by atoms with Gasteiger partial charge in [-0.25, -0.2) is 0 Å². The Morgan fingerprint density at radius 3 is 2.42 bits per heavy atom. The molecule has 0 spiro atoms. The fraction of sp³-hybridized carbons (Fsp3) is 1.00. The van der Waals surface area contributed by atoms with Crippen molar-refractivity contribution >= 4 is 0 Å². The largest absolute Gasteiger partial charge is 0.390 e. The van der Waals surface area contributed by atoms with E-state index in [1.807, 2.05) is 20.8 Å². The molecule has 0 aliphatic carbocycles. The van der Waals surface area contributed by atoms with Crippen molar-refractivity contribution in [3.63, 3.8) is 0 Å². The number of rotatable bonds is 1. The predicted octanol–water partition coefficient (Wildman–Crippen LogP) is 0.542. The maximum absolute atomic E-state index is 9.55. The van der Waals surface area contributed by atoms with Crippen molar-refractivity contribution < 1.29 is 14.9 Å². The minimum absolute atomic E-state index is 0.0517. The summed E-state index contributed by atoms with van der Waals surface area (Å²) in [6.45, 7) is 5.89. The highest BCUT2D eigenvalue weighted by Crippen LogP contribution is 2.24. The Bertz CT molecular complexity index is 147. The number of aliphatic hydroxyl groups excluding tert-OH is 2. The van der Waals surface area contributed by atoms with E-state index in [0.717, 1.165) is 0 Å². The monoisotopic (exact) mass is 174 g/mol. The second-order valence-electron chi connectivity index (χ2n) is 3.95. The van der Waals surface area contributed by atoms with E-state index in [0.29, 0.717) is 6.42 Å². The fourth-order valence-corrected chi connectivity index (χ4v) is 1.65. The lowest BCUT2D eigenvalue weighted by molar-refractivity contribution is -0.177. The van der Waals surface area contributed by atoms with Crippen molar-refractivity contribution in [1.82, 2.24) is 0 Å². The molecule has 0 aromatic heterocycles. The van der Waals surface area contributed by atoms with Crippen molar-refractivity contribution in [1.29, 1.82) is 0 Å².